The highest BCUT2D eigenvalue weighted by Gasteiger charge is 2.32. The van der Waals surface area contributed by atoms with E-state index in [0.29, 0.717) is 0 Å². The lowest BCUT2D eigenvalue weighted by Crippen LogP contribution is -2.58. The summed E-state index contributed by atoms with van der Waals surface area (Å²) >= 11 is 4.28. The minimum atomic E-state index is 0.764. The second kappa shape index (κ2) is 7.01. The molecular weight excluding hydrogens is 228 g/mol. The number of piperazine rings is 1. The van der Waals surface area contributed by atoms with Crippen LogP contribution in [0.3, 0.4) is 0 Å². The van der Waals surface area contributed by atoms with Crippen molar-refractivity contribution in [1.82, 2.24) is 9.80 Å². The standard InChI is InChI=1S/C14H28N2S/c1-13-11-16-9-5-3-7-14(16)12-15(13)8-4-2-6-10-17/h13-14,17H,2-12H2,1H3. The fourth-order valence-electron chi connectivity index (χ4n) is 3.33. The average Bonchev–Trinajstić information content (AvgIpc) is 2.35. The normalized spacial score (nSPS) is 31.4. The van der Waals surface area contributed by atoms with Gasteiger partial charge >= 0.3 is 0 Å². The van der Waals surface area contributed by atoms with Crippen LogP contribution in [0.1, 0.15) is 45.4 Å². The lowest BCUT2D eigenvalue weighted by atomic mass is 9.97. The molecule has 0 spiro atoms. The molecule has 2 unspecified atom stereocenters. The molecule has 2 atom stereocenters. The maximum Gasteiger partial charge on any atom is 0.0223 e. The quantitative estimate of drug-likeness (QED) is 0.597. The summed E-state index contributed by atoms with van der Waals surface area (Å²) in [7, 11) is 0. The molecule has 0 radical (unpaired) electrons. The zero-order valence-electron chi connectivity index (χ0n) is 11.3. The van der Waals surface area contributed by atoms with Gasteiger partial charge in [-0.2, -0.15) is 12.6 Å². The van der Waals surface area contributed by atoms with Gasteiger partial charge in [-0.25, -0.2) is 0 Å². The Labute approximate surface area is 112 Å². The van der Waals surface area contributed by atoms with Crippen LogP contribution in [-0.2, 0) is 0 Å². The number of nitrogens with zero attached hydrogens (tertiary/aromatic N) is 2. The number of unbranched alkanes of at least 4 members (excludes halogenated alkanes) is 2. The number of hydrogen-bond donors (Lipinski definition) is 1. The van der Waals surface area contributed by atoms with Crippen molar-refractivity contribution in [2.24, 2.45) is 0 Å². The van der Waals surface area contributed by atoms with Crippen LogP contribution < -0.4 is 0 Å². The molecule has 2 saturated heterocycles. The molecule has 2 nitrogen and oxygen atoms in total. The lowest BCUT2D eigenvalue weighted by Gasteiger charge is -2.47. The van der Waals surface area contributed by atoms with Gasteiger partial charge in [-0.05, 0) is 51.4 Å². The third-order valence-electron chi connectivity index (χ3n) is 4.42. The second-order valence-electron chi connectivity index (χ2n) is 5.77. The van der Waals surface area contributed by atoms with Gasteiger partial charge in [-0.3, -0.25) is 9.80 Å². The van der Waals surface area contributed by atoms with Crippen LogP contribution in [-0.4, -0.2) is 53.8 Å². The molecular formula is C14H28N2S. The summed E-state index contributed by atoms with van der Waals surface area (Å²) in [6, 6.07) is 1.63. The molecule has 0 amide bonds. The zero-order valence-corrected chi connectivity index (χ0v) is 12.2. The molecule has 0 N–H and O–H groups in total. The van der Waals surface area contributed by atoms with Crippen molar-refractivity contribution in [2.45, 2.75) is 57.5 Å². The summed E-state index contributed by atoms with van der Waals surface area (Å²) < 4.78 is 0. The molecule has 2 heterocycles. The number of hydrogen-bond acceptors (Lipinski definition) is 3. The Morgan fingerprint density at radius 1 is 1.12 bits per heavy atom. The highest BCUT2D eigenvalue weighted by Crippen LogP contribution is 2.24. The largest absolute Gasteiger partial charge is 0.298 e. The summed E-state index contributed by atoms with van der Waals surface area (Å²) in [6.07, 6.45) is 8.29. The number of rotatable bonds is 5. The van der Waals surface area contributed by atoms with E-state index in [9.17, 15) is 0 Å². The van der Waals surface area contributed by atoms with Crippen molar-refractivity contribution in [3.63, 3.8) is 0 Å². The van der Waals surface area contributed by atoms with E-state index < -0.39 is 0 Å². The van der Waals surface area contributed by atoms with Crippen LogP contribution in [0.5, 0.6) is 0 Å². The van der Waals surface area contributed by atoms with E-state index in [1.54, 1.807) is 0 Å². The first kappa shape index (κ1) is 13.7. The van der Waals surface area contributed by atoms with Crippen molar-refractivity contribution in [3.8, 4) is 0 Å². The average molecular weight is 256 g/mol. The van der Waals surface area contributed by atoms with Gasteiger partial charge < -0.3 is 0 Å². The fourth-order valence-corrected chi connectivity index (χ4v) is 3.55. The SMILES string of the molecule is CC1CN2CCCCC2CN1CCCCCS. The van der Waals surface area contributed by atoms with Crippen molar-refractivity contribution in [2.75, 3.05) is 31.9 Å². The van der Waals surface area contributed by atoms with Crippen LogP contribution in [0.4, 0.5) is 0 Å². The maximum absolute atomic E-state index is 4.28. The van der Waals surface area contributed by atoms with Gasteiger partial charge in [0.2, 0.25) is 0 Å². The van der Waals surface area contributed by atoms with Crippen LogP contribution >= 0.6 is 12.6 Å². The number of thiol groups is 1. The Kier molecular flexibility index (Phi) is 5.64. The first-order chi connectivity index (χ1) is 8.31. The van der Waals surface area contributed by atoms with E-state index in [1.165, 1.54) is 64.7 Å². The molecule has 0 aromatic carbocycles. The van der Waals surface area contributed by atoms with Crippen LogP contribution in [0.25, 0.3) is 0 Å². The Morgan fingerprint density at radius 3 is 2.82 bits per heavy atom. The molecule has 0 saturated carbocycles. The first-order valence-corrected chi connectivity index (χ1v) is 8.03. The van der Waals surface area contributed by atoms with Gasteiger partial charge in [-0.15, -0.1) is 0 Å². The lowest BCUT2D eigenvalue weighted by molar-refractivity contribution is 0.0147. The van der Waals surface area contributed by atoms with Crippen LogP contribution in [0.15, 0.2) is 0 Å². The van der Waals surface area contributed by atoms with Crippen molar-refractivity contribution in [1.29, 1.82) is 0 Å². The van der Waals surface area contributed by atoms with E-state index in [-0.39, 0.29) is 0 Å². The topological polar surface area (TPSA) is 6.48 Å². The molecule has 0 bridgehead atoms. The molecule has 100 valence electrons. The monoisotopic (exact) mass is 256 g/mol. The highest BCUT2D eigenvalue weighted by molar-refractivity contribution is 7.80. The van der Waals surface area contributed by atoms with Gasteiger partial charge in [0.05, 0.1) is 0 Å². The Morgan fingerprint density at radius 2 is 2.00 bits per heavy atom. The van der Waals surface area contributed by atoms with Gasteiger partial charge in [0.15, 0.2) is 0 Å². The molecule has 17 heavy (non-hydrogen) atoms. The minimum absolute atomic E-state index is 0.764. The molecule has 2 rings (SSSR count). The zero-order chi connectivity index (χ0) is 12.1. The molecule has 2 fully saturated rings. The maximum atomic E-state index is 4.28. The molecule has 0 aromatic heterocycles. The van der Waals surface area contributed by atoms with Crippen molar-refractivity contribution in [3.05, 3.63) is 0 Å². The summed E-state index contributed by atoms with van der Waals surface area (Å²) in [5, 5.41) is 0. The molecule has 0 aliphatic carbocycles. The van der Waals surface area contributed by atoms with E-state index in [1.807, 2.05) is 0 Å². The predicted octanol–water partition coefficient (Wildman–Crippen LogP) is 2.65. The Bertz CT molecular complexity index is 222. The van der Waals surface area contributed by atoms with Gasteiger partial charge in [0.1, 0.15) is 0 Å². The smallest absolute Gasteiger partial charge is 0.0223 e. The van der Waals surface area contributed by atoms with Gasteiger partial charge in [0.25, 0.3) is 0 Å². The highest BCUT2D eigenvalue weighted by atomic mass is 32.1. The Balaban J connectivity index is 1.74. The van der Waals surface area contributed by atoms with E-state index in [0.717, 1.165) is 17.8 Å². The third kappa shape index (κ3) is 3.87. The third-order valence-corrected chi connectivity index (χ3v) is 4.74. The van der Waals surface area contributed by atoms with Crippen molar-refractivity contribution >= 4 is 12.6 Å². The summed E-state index contributed by atoms with van der Waals surface area (Å²) in [5.41, 5.74) is 0. The van der Waals surface area contributed by atoms with Crippen LogP contribution in [0.2, 0.25) is 0 Å². The molecule has 0 aromatic rings. The second-order valence-corrected chi connectivity index (χ2v) is 6.22. The molecule has 2 aliphatic rings. The van der Waals surface area contributed by atoms with E-state index in [2.05, 4.69) is 29.4 Å². The summed E-state index contributed by atoms with van der Waals surface area (Å²) in [6.45, 7) is 7.69. The minimum Gasteiger partial charge on any atom is -0.298 e. The first-order valence-electron chi connectivity index (χ1n) is 7.40. The molecule has 2 aliphatic heterocycles. The number of fused-ring (bicyclic) bond motifs is 1. The summed E-state index contributed by atoms with van der Waals surface area (Å²) in [4.78, 5) is 5.46. The van der Waals surface area contributed by atoms with Gasteiger partial charge in [0, 0.05) is 25.2 Å². The fraction of sp³-hybridized carbons (Fsp3) is 1.00. The predicted molar refractivity (Wildman–Crippen MR) is 78.0 cm³/mol. The number of piperidine rings is 1. The Hall–Kier alpha value is 0.270. The summed E-state index contributed by atoms with van der Waals surface area (Å²) in [5.74, 6) is 1.05. The van der Waals surface area contributed by atoms with Crippen LogP contribution in [0, 0.1) is 0 Å². The van der Waals surface area contributed by atoms with Crippen molar-refractivity contribution < 1.29 is 0 Å². The van der Waals surface area contributed by atoms with E-state index >= 15 is 0 Å². The molecule has 3 heteroatoms. The van der Waals surface area contributed by atoms with Gasteiger partial charge in [-0.1, -0.05) is 12.8 Å². The van der Waals surface area contributed by atoms with E-state index in [4.69, 9.17) is 0 Å².